The van der Waals surface area contributed by atoms with Crippen LogP contribution in [0, 0.1) is 0 Å². The van der Waals surface area contributed by atoms with Crippen molar-refractivity contribution < 1.29 is 28.5 Å². The van der Waals surface area contributed by atoms with Gasteiger partial charge >= 0.3 is 8.60 Å². The minimum atomic E-state index is -1.72. The molecule has 3 unspecified atom stereocenters. The maximum absolute atomic E-state index is 10.1. The van der Waals surface area contributed by atoms with Gasteiger partial charge in [-0.2, -0.15) is 0 Å². The minimum absolute atomic E-state index is 0.0944. The van der Waals surface area contributed by atoms with E-state index in [0.717, 1.165) is 22.0 Å². The Hall–Kier alpha value is -2.61. The van der Waals surface area contributed by atoms with E-state index in [4.69, 9.17) is 18.3 Å². The van der Waals surface area contributed by atoms with Gasteiger partial charge in [-0.1, -0.05) is 78.9 Å². The lowest BCUT2D eigenvalue weighted by Gasteiger charge is -2.28. The van der Waals surface area contributed by atoms with Gasteiger partial charge in [0.05, 0.1) is 31.4 Å². The molecule has 0 fully saturated rings. The molecule has 8 heteroatoms. The Morgan fingerprint density at radius 3 is 1.94 bits per heavy atom. The Bertz CT molecular complexity index is 1130. The van der Waals surface area contributed by atoms with E-state index in [9.17, 15) is 10.2 Å². The molecular formula is C28H32NO6P. The molecule has 4 aromatic rings. The van der Waals surface area contributed by atoms with Crippen LogP contribution >= 0.6 is 8.60 Å². The van der Waals surface area contributed by atoms with Gasteiger partial charge in [0.1, 0.15) is 12.7 Å². The Morgan fingerprint density at radius 2 is 1.36 bits per heavy atom. The largest absolute Gasteiger partial charge is 0.394 e. The maximum Gasteiger partial charge on any atom is 0.333 e. The van der Waals surface area contributed by atoms with Gasteiger partial charge in [0.15, 0.2) is 6.23 Å². The number of aliphatic hydroxyl groups excluding tert-OH is 2. The number of hydrogen-bond donors (Lipinski definition) is 2. The van der Waals surface area contributed by atoms with Crippen LogP contribution in [0.15, 0.2) is 97.2 Å². The molecule has 0 saturated carbocycles. The number of benzene rings is 3. The Labute approximate surface area is 212 Å². The average molecular weight is 510 g/mol. The summed E-state index contributed by atoms with van der Waals surface area (Å²) >= 11 is 0. The predicted octanol–water partition coefficient (Wildman–Crippen LogP) is 5.58. The fourth-order valence-corrected chi connectivity index (χ4v) is 4.67. The molecule has 0 aliphatic rings. The molecule has 7 nitrogen and oxygen atoms in total. The maximum atomic E-state index is 10.1. The van der Waals surface area contributed by atoms with Crippen LogP contribution in [0.1, 0.15) is 24.3 Å². The van der Waals surface area contributed by atoms with Gasteiger partial charge in [-0.3, -0.25) is 0 Å². The number of nitrogens with zero attached hydrogens (tertiary/aromatic N) is 1. The highest BCUT2D eigenvalue weighted by Crippen LogP contribution is 2.43. The third-order valence-corrected chi connectivity index (χ3v) is 6.71. The summed E-state index contributed by atoms with van der Waals surface area (Å²) in [5.41, 5.74) is 2.97. The smallest absolute Gasteiger partial charge is 0.333 e. The summed E-state index contributed by atoms with van der Waals surface area (Å²) in [7, 11) is -1.72. The van der Waals surface area contributed by atoms with E-state index in [1.165, 1.54) is 0 Å². The SMILES string of the molecule is CC(O)C(CO)OC(COP(OCc1ccccc1)OCc1ccccc1)n1ccc2ccccc21. The van der Waals surface area contributed by atoms with Crippen molar-refractivity contribution in [2.75, 3.05) is 13.2 Å². The number of rotatable bonds is 14. The van der Waals surface area contributed by atoms with Crippen molar-refractivity contribution in [3.63, 3.8) is 0 Å². The lowest BCUT2D eigenvalue weighted by atomic mass is 10.2. The highest BCUT2D eigenvalue weighted by Gasteiger charge is 2.25. The molecule has 0 bridgehead atoms. The zero-order valence-corrected chi connectivity index (χ0v) is 21.1. The van der Waals surface area contributed by atoms with Crippen LogP contribution in [0.3, 0.4) is 0 Å². The molecule has 0 aliphatic carbocycles. The lowest BCUT2D eigenvalue weighted by Crippen LogP contribution is -2.34. The molecule has 2 N–H and O–H groups in total. The summed E-state index contributed by atoms with van der Waals surface area (Å²) in [5, 5.41) is 20.9. The number of aliphatic hydroxyl groups is 2. The summed E-state index contributed by atoms with van der Waals surface area (Å²) in [6.07, 6.45) is -0.346. The normalized spacial score (nSPS) is 14.2. The third kappa shape index (κ3) is 7.45. The molecule has 3 atom stereocenters. The molecular weight excluding hydrogens is 477 g/mol. The number of aromatic nitrogens is 1. The molecule has 0 amide bonds. The van der Waals surface area contributed by atoms with E-state index in [1.807, 2.05) is 102 Å². The van der Waals surface area contributed by atoms with Crippen molar-refractivity contribution >= 4 is 19.5 Å². The molecule has 1 aromatic heterocycles. The summed E-state index contributed by atoms with van der Waals surface area (Å²) < 4.78 is 26.3. The first-order valence-corrected chi connectivity index (χ1v) is 13.0. The number of ether oxygens (including phenoxy) is 1. The molecule has 0 radical (unpaired) electrons. The van der Waals surface area contributed by atoms with E-state index in [2.05, 4.69) is 0 Å². The van der Waals surface area contributed by atoms with Gasteiger partial charge in [0.25, 0.3) is 0 Å². The van der Waals surface area contributed by atoms with E-state index in [1.54, 1.807) is 6.92 Å². The van der Waals surface area contributed by atoms with Gasteiger partial charge in [-0.25, -0.2) is 0 Å². The molecule has 0 spiro atoms. The first kappa shape index (κ1) is 26.5. The second-order valence-electron chi connectivity index (χ2n) is 8.37. The van der Waals surface area contributed by atoms with Crippen molar-refractivity contribution in [3.05, 3.63) is 108 Å². The molecule has 1 heterocycles. The third-order valence-electron chi connectivity index (χ3n) is 5.67. The van der Waals surface area contributed by atoms with Crippen molar-refractivity contribution in [2.24, 2.45) is 0 Å². The molecule has 0 saturated heterocycles. The second kappa shape index (κ2) is 13.6. The highest BCUT2D eigenvalue weighted by molar-refractivity contribution is 7.41. The fourth-order valence-electron chi connectivity index (χ4n) is 3.69. The van der Waals surface area contributed by atoms with Gasteiger partial charge < -0.3 is 33.1 Å². The molecule has 0 aliphatic heterocycles. The van der Waals surface area contributed by atoms with Gasteiger partial charge in [0, 0.05) is 6.20 Å². The summed E-state index contributed by atoms with van der Waals surface area (Å²) in [5.74, 6) is 0. The number of para-hydroxylation sites is 1. The molecule has 190 valence electrons. The first-order chi connectivity index (χ1) is 17.6. The standard InChI is InChI=1S/C28H32NO6P/c1-22(31)27(18-30)35-28(29-17-16-25-14-8-9-15-26(25)29)21-34-36(32-19-23-10-4-2-5-11-23)33-20-24-12-6-3-7-13-24/h2-17,22,27-28,30-31H,18-21H2,1H3. The van der Waals surface area contributed by atoms with Gasteiger partial charge in [-0.05, 0) is 35.6 Å². The van der Waals surface area contributed by atoms with Crippen LogP contribution in [-0.2, 0) is 31.5 Å². The molecule has 36 heavy (non-hydrogen) atoms. The van der Waals surface area contributed by atoms with Gasteiger partial charge in [0.2, 0.25) is 0 Å². The van der Waals surface area contributed by atoms with Crippen LogP contribution in [0.4, 0.5) is 0 Å². The first-order valence-electron chi connectivity index (χ1n) is 11.9. The quantitative estimate of drug-likeness (QED) is 0.216. The minimum Gasteiger partial charge on any atom is -0.394 e. The van der Waals surface area contributed by atoms with E-state index >= 15 is 0 Å². The van der Waals surface area contributed by atoms with E-state index < -0.39 is 27.0 Å². The molecule has 4 rings (SSSR count). The second-order valence-corrected chi connectivity index (χ2v) is 9.59. The van der Waals surface area contributed by atoms with Crippen LogP contribution in [0.5, 0.6) is 0 Å². The molecule has 3 aromatic carbocycles. The average Bonchev–Trinajstić information content (AvgIpc) is 3.35. The highest BCUT2D eigenvalue weighted by atomic mass is 31.2. The zero-order chi connectivity index (χ0) is 25.2. The van der Waals surface area contributed by atoms with Gasteiger partial charge in [-0.15, -0.1) is 0 Å². The monoisotopic (exact) mass is 509 g/mol. The summed E-state index contributed by atoms with van der Waals surface area (Å²) in [4.78, 5) is 0. The van der Waals surface area contributed by atoms with Crippen LogP contribution in [-0.4, -0.2) is 40.2 Å². The van der Waals surface area contributed by atoms with Crippen LogP contribution in [0.2, 0.25) is 0 Å². The Balaban J connectivity index is 1.50. The van der Waals surface area contributed by atoms with Crippen molar-refractivity contribution in [3.8, 4) is 0 Å². The van der Waals surface area contributed by atoms with Crippen molar-refractivity contribution in [1.29, 1.82) is 0 Å². The predicted molar refractivity (Wildman–Crippen MR) is 140 cm³/mol. The van der Waals surface area contributed by atoms with Crippen LogP contribution < -0.4 is 0 Å². The van der Waals surface area contributed by atoms with Crippen molar-refractivity contribution in [2.45, 2.75) is 38.6 Å². The zero-order valence-electron chi connectivity index (χ0n) is 20.2. The lowest BCUT2D eigenvalue weighted by molar-refractivity contribution is -0.130. The summed E-state index contributed by atoms with van der Waals surface area (Å²) in [6, 6.07) is 29.6. The van der Waals surface area contributed by atoms with E-state index in [-0.39, 0.29) is 13.2 Å². The number of hydrogen-bond acceptors (Lipinski definition) is 6. The summed E-state index contributed by atoms with van der Waals surface area (Å²) in [6.45, 7) is 2.04. The Morgan fingerprint density at radius 1 is 0.778 bits per heavy atom. The van der Waals surface area contributed by atoms with Crippen LogP contribution in [0.25, 0.3) is 10.9 Å². The fraction of sp³-hybridized carbons (Fsp3) is 0.286. The number of fused-ring (bicyclic) bond motifs is 1. The van der Waals surface area contributed by atoms with E-state index in [0.29, 0.717) is 13.2 Å². The Kier molecular flexibility index (Phi) is 10.0. The topological polar surface area (TPSA) is 82.3 Å². The van der Waals surface area contributed by atoms with Crippen molar-refractivity contribution in [1.82, 2.24) is 4.57 Å².